The molecule has 4 heterocycles. The minimum atomic E-state index is -0.966. The van der Waals surface area contributed by atoms with Crippen LogP contribution in [0.4, 0.5) is 4.39 Å². The Hall–Kier alpha value is -4.70. The molecule has 45 heavy (non-hydrogen) atoms. The van der Waals surface area contributed by atoms with Gasteiger partial charge in [-0.15, -0.1) is 0 Å². The molecule has 0 bridgehead atoms. The van der Waals surface area contributed by atoms with Gasteiger partial charge >= 0.3 is 5.96 Å². The maximum Gasteiger partial charge on any atom is 0.340 e. The Balaban J connectivity index is 1.51. The standard InChI is InChI=1S/C36H36FN5O3/c1-23-19-30(25(3)45-23)34-33(22-41(4)18-16-28-13-8-9-17-38-28)42(43)35(27-12-10-14-29(20-27)44-5)24(2)32(39-36(42)40-34)21-26-11-6-7-15-31(26)37/h6-15,17,19-20H,16,18,21-22H2,1-5H3. The van der Waals surface area contributed by atoms with Crippen LogP contribution in [0.25, 0.3) is 11.4 Å². The Bertz CT molecular complexity index is 1870. The van der Waals surface area contributed by atoms with Gasteiger partial charge in [0.1, 0.15) is 28.8 Å². The van der Waals surface area contributed by atoms with Crippen molar-refractivity contribution in [1.29, 1.82) is 0 Å². The van der Waals surface area contributed by atoms with E-state index in [2.05, 4.69) is 9.88 Å². The number of rotatable bonds is 10. The van der Waals surface area contributed by atoms with E-state index >= 15 is 5.21 Å². The summed E-state index contributed by atoms with van der Waals surface area (Å²) in [6.45, 7) is 6.63. The fourth-order valence-corrected chi connectivity index (χ4v) is 6.02. The van der Waals surface area contributed by atoms with E-state index in [-0.39, 0.29) is 18.2 Å². The Morgan fingerprint density at radius 1 is 0.978 bits per heavy atom. The van der Waals surface area contributed by atoms with Crippen LogP contribution >= 0.6 is 0 Å². The third-order valence-corrected chi connectivity index (χ3v) is 8.34. The molecule has 2 aliphatic rings. The Morgan fingerprint density at radius 2 is 1.78 bits per heavy atom. The number of pyridine rings is 1. The Kier molecular flexibility index (Phi) is 8.33. The zero-order valence-electron chi connectivity index (χ0n) is 26.2. The number of ether oxygens (including phenoxy) is 1. The van der Waals surface area contributed by atoms with E-state index in [0.29, 0.717) is 64.1 Å². The highest BCUT2D eigenvalue weighted by molar-refractivity contribution is 6.15. The quantitative estimate of drug-likeness (QED) is 0.142. The predicted molar refractivity (Wildman–Crippen MR) is 175 cm³/mol. The van der Waals surface area contributed by atoms with Gasteiger partial charge in [-0.2, -0.15) is 9.98 Å². The van der Waals surface area contributed by atoms with Crippen LogP contribution in [-0.4, -0.2) is 53.4 Å². The number of benzene rings is 2. The number of quaternary nitrogens is 1. The zero-order valence-corrected chi connectivity index (χ0v) is 26.2. The second-order valence-electron chi connectivity index (χ2n) is 11.5. The van der Waals surface area contributed by atoms with Crippen LogP contribution < -0.4 is 4.74 Å². The number of hydrogen-bond acceptors (Lipinski definition) is 7. The maximum atomic E-state index is 15.7. The molecule has 2 aromatic carbocycles. The maximum absolute atomic E-state index is 15.7. The summed E-state index contributed by atoms with van der Waals surface area (Å²) in [7, 11) is 3.59. The summed E-state index contributed by atoms with van der Waals surface area (Å²) in [4.78, 5) is 16.4. The van der Waals surface area contributed by atoms with Crippen LogP contribution in [-0.2, 0) is 12.8 Å². The number of hydrogen-bond donors (Lipinski definition) is 0. The molecule has 230 valence electrons. The number of aryl methyl sites for hydroxylation is 2. The minimum Gasteiger partial charge on any atom is -0.614 e. The summed E-state index contributed by atoms with van der Waals surface area (Å²) in [5, 5.41) is 15.7. The molecule has 0 fully saturated rings. The Labute approximate surface area is 262 Å². The lowest BCUT2D eigenvalue weighted by atomic mass is 9.95. The number of furan rings is 1. The van der Waals surface area contributed by atoms with Crippen molar-refractivity contribution in [2.24, 2.45) is 9.98 Å². The van der Waals surface area contributed by atoms with Crippen LogP contribution in [0.5, 0.6) is 5.75 Å². The third-order valence-electron chi connectivity index (χ3n) is 8.34. The van der Waals surface area contributed by atoms with E-state index in [1.165, 1.54) is 6.07 Å². The first-order valence-electron chi connectivity index (χ1n) is 14.9. The van der Waals surface area contributed by atoms with Crippen molar-refractivity contribution in [3.8, 4) is 5.75 Å². The van der Waals surface area contributed by atoms with Gasteiger partial charge in [-0.25, -0.2) is 9.04 Å². The molecule has 0 N–H and O–H groups in total. The topological polar surface area (TPSA) is 86.3 Å². The number of allylic oxidation sites excluding steroid dienone is 1. The van der Waals surface area contributed by atoms with E-state index in [0.717, 1.165) is 23.4 Å². The molecule has 0 saturated carbocycles. The molecule has 0 saturated heterocycles. The summed E-state index contributed by atoms with van der Waals surface area (Å²) < 4.78 is 25.4. The molecule has 0 amide bonds. The third kappa shape index (κ3) is 5.78. The molecule has 0 aliphatic carbocycles. The number of hydroxylamine groups is 3. The fraction of sp³-hybridized carbons (Fsp3) is 0.250. The van der Waals surface area contributed by atoms with Crippen molar-refractivity contribution in [2.75, 3.05) is 27.2 Å². The number of nitrogens with zero attached hydrogens (tertiary/aromatic N) is 5. The van der Waals surface area contributed by atoms with Gasteiger partial charge in [0.05, 0.1) is 19.4 Å². The number of halogens is 1. The zero-order chi connectivity index (χ0) is 31.7. The number of fused-ring (bicyclic) bond motifs is 1. The SMILES string of the molecule is COc1cccc(C2=C(C)C(Cc3ccccc3F)=NC3=NC(c4cc(C)oc4C)=C(CN(C)CCc4ccccn4)[N+]32[O-])c1. The smallest absolute Gasteiger partial charge is 0.340 e. The van der Waals surface area contributed by atoms with Gasteiger partial charge in [0.25, 0.3) is 0 Å². The lowest BCUT2D eigenvalue weighted by molar-refractivity contribution is -0.665. The molecule has 0 spiro atoms. The monoisotopic (exact) mass is 605 g/mol. The van der Waals surface area contributed by atoms with Crippen LogP contribution in [0, 0.1) is 24.9 Å². The molecule has 8 nitrogen and oxygen atoms in total. The average Bonchev–Trinajstić information content (AvgIpc) is 3.52. The van der Waals surface area contributed by atoms with E-state index in [1.54, 1.807) is 31.5 Å². The Morgan fingerprint density at radius 3 is 2.49 bits per heavy atom. The van der Waals surface area contributed by atoms with E-state index in [1.807, 2.05) is 76.3 Å². The number of guanidine groups is 1. The second kappa shape index (κ2) is 12.4. The molecule has 9 heteroatoms. The molecule has 2 aromatic heterocycles. The van der Waals surface area contributed by atoms with E-state index in [9.17, 15) is 4.39 Å². The van der Waals surface area contributed by atoms with Crippen LogP contribution in [0.1, 0.15) is 40.8 Å². The first-order chi connectivity index (χ1) is 21.7. The number of likely N-dealkylation sites (N-methyl/N-ethyl adjacent to an activating group) is 1. The van der Waals surface area contributed by atoms with Gasteiger partial charge in [0.15, 0.2) is 11.4 Å². The van der Waals surface area contributed by atoms with Gasteiger partial charge in [-0.05, 0) is 75.8 Å². The van der Waals surface area contributed by atoms with E-state index in [4.69, 9.17) is 19.1 Å². The van der Waals surface area contributed by atoms with Crippen LogP contribution in [0.3, 0.4) is 0 Å². The fourth-order valence-electron chi connectivity index (χ4n) is 6.02. The van der Waals surface area contributed by atoms with Gasteiger partial charge in [-0.3, -0.25) is 9.88 Å². The van der Waals surface area contributed by atoms with Gasteiger partial charge < -0.3 is 14.4 Å². The summed E-state index contributed by atoms with van der Waals surface area (Å²) in [5.74, 6) is 1.78. The van der Waals surface area contributed by atoms with Crippen LogP contribution in [0.15, 0.2) is 105 Å². The van der Waals surface area contributed by atoms with E-state index < -0.39 is 4.65 Å². The van der Waals surface area contributed by atoms with Crippen molar-refractivity contribution in [2.45, 2.75) is 33.6 Å². The van der Waals surface area contributed by atoms with Gasteiger partial charge in [0.2, 0.25) is 0 Å². The molecule has 1 atom stereocenters. The van der Waals surface area contributed by atoms with Crippen LogP contribution in [0.2, 0.25) is 0 Å². The first kappa shape index (κ1) is 30.3. The number of aliphatic imine (C=N–C) groups is 2. The normalized spacial score (nSPS) is 18.0. The lowest BCUT2D eigenvalue weighted by Crippen LogP contribution is -2.48. The predicted octanol–water partition coefficient (Wildman–Crippen LogP) is 7.09. The van der Waals surface area contributed by atoms with Crippen molar-refractivity contribution in [1.82, 2.24) is 9.88 Å². The van der Waals surface area contributed by atoms with Gasteiger partial charge in [0, 0.05) is 48.0 Å². The number of methoxy groups -OCH3 is 1. The first-order valence-corrected chi connectivity index (χ1v) is 14.9. The molecule has 0 radical (unpaired) electrons. The summed E-state index contributed by atoms with van der Waals surface area (Å²) in [5.41, 5.74) is 5.73. The molecule has 4 aromatic rings. The molecule has 1 unspecified atom stereocenters. The van der Waals surface area contributed by atoms with Crippen molar-refractivity contribution in [3.05, 3.63) is 135 Å². The molecule has 2 aliphatic heterocycles. The summed E-state index contributed by atoms with van der Waals surface area (Å²) in [6.07, 6.45) is 2.72. The molecular formula is C36H36FN5O3. The lowest BCUT2D eigenvalue weighted by Gasteiger charge is -2.43. The average molecular weight is 606 g/mol. The highest BCUT2D eigenvalue weighted by Crippen LogP contribution is 2.47. The summed E-state index contributed by atoms with van der Waals surface area (Å²) >= 11 is 0. The second-order valence-corrected chi connectivity index (χ2v) is 11.5. The van der Waals surface area contributed by atoms with Crippen molar-refractivity contribution < 1.29 is 18.2 Å². The highest BCUT2D eigenvalue weighted by atomic mass is 19.1. The van der Waals surface area contributed by atoms with Crippen molar-refractivity contribution >= 4 is 23.1 Å². The van der Waals surface area contributed by atoms with Gasteiger partial charge in [-0.1, -0.05) is 30.3 Å². The highest BCUT2D eigenvalue weighted by Gasteiger charge is 2.48. The summed E-state index contributed by atoms with van der Waals surface area (Å²) in [6, 6.07) is 21.9. The largest absolute Gasteiger partial charge is 0.614 e. The van der Waals surface area contributed by atoms with Crippen molar-refractivity contribution in [3.63, 3.8) is 0 Å². The molecule has 6 rings (SSSR count). The minimum absolute atomic E-state index is 0.0890. The molecular weight excluding hydrogens is 569 g/mol. The number of aromatic nitrogens is 1.